The molecule has 0 fully saturated rings. The maximum absolute atomic E-state index is 11.0. The van der Waals surface area contributed by atoms with Gasteiger partial charge in [-0.3, -0.25) is 4.18 Å². The average Bonchev–Trinajstić information content (AvgIpc) is 2.87. The number of hydrogen-bond acceptors (Lipinski definition) is 7. The van der Waals surface area contributed by atoms with Gasteiger partial charge in [0.25, 0.3) is 10.1 Å². The van der Waals surface area contributed by atoms with E-state index in [1.165, 1.54) is 36.8 Å². The van der Waals surface area contributed by atoms with Gasteiger partial charge in [-0.25, -0.2) is 0 Å². The third-order valence-electron chi connectivity index (χ3n) is 6.73. The monoisotopic (exact) mass is 536 g/mol. The maximum atomic E-state index is 11.0. The molecular formula is C28H40O6S2. The van der Waals surface area contributed by atoms with Crippen LogP contribution in [-0.2, 0) is 19.7 Å². The maximum Gasteiger partial charge on any atom is 0.264 e. The molecule has 0 bridgehead atoms. The van der Waals surface area contributed by atoms with E-state index in [1.54, 1.807) is 14.2 Å². The summed E-state index contributed by atoms with van der Waals surface area (Å²) >= 11 is 2.02. The van der Waals surface area contributed by atoms with Crippen LogP contribution in [-0.4, -0.2) is 47.9 Å². The molecule has 0 saturated heterocycles. The van der Waals surface area contributed by atoms with Crippen molar-refractivity contribution in [1.29, 1.82) is 0 Å². The van der Waals surface area contributed by atoms with E-state index in [1.807, 2.05) is 36.0 Å². The van der Waals surface area contributed by atoms with E-state index in [-0.39, 0.29) is 10.7 Å². The van der Waals surface area contributed by atoms with Crippen LogP contribution < -0.4 is 14.2 Å². The van der Waals surface area contributed by atoms with Gasteiger partial charge in [0.15, 0.2) is 0 Å². The summed E-state index contributed by atoms with van der Waals surface area (Å²) in [4.78, 5) is 0. The van der Waals surface area contributed by atoms with Crippen molar-refractivity contribution >= 4 is 21.9 Å². The number of thioether (sulfide) groups is 1. The molecule has 1 aliphatic rings. The summed E-state index contributed by atoms with van der Waals surface area (Å²) in [5.74, 6) is 3.67. The third-order valence-corrected chi connectivity index (χ3v) is 8.96. The zero-order valence-electron chi connectivity index (χ0n) is 22.0. The van der Waals surface area contributed by atoms with Crippen molar-refractivity contribution in [3.05, 3.63) is 53.6 Å². The quantitative estimate of drug-likeness (QED) is 0.189. The Morgan fingerprint density at radius 3 is 2.17 bits per heavy atom. The Bertz CT molecular complexity index is 1050. The highest BCUT2D eigenvalue weighted by molar-refractivity contribution is 7.99. The smallest absolute Gasteiger partial charge is 0.264 e. The number of rotatable bonds is 15. The molecule has 0 aromatic heterocycles. The first-order valence-electron chi connectivity index (χ1n) is 12.7. The van der Waals surface area contributed by atoms with Crippen LogP contribution in [0.5, 0.6) is 17.2 Å². The molecule has 0 saturated carbocycles. The Hall–Kier alpha value is -1.90. The van der Waals surface area contributed by atoms with Crippen molar-refractivity contribution in [2.45, 2.75) is 62.5 Å². The second-order valence-electron chi connectivity index (χ2n) is 9.59. The van der Waals surface area contributed by atoms with Crippen molar-refractivity contribution in [3.63, 3.8) is 0 Å². The molecule has 1 heterocycles. The van der Waals surface area contributed by atoms with Gasteiger partial charge in [0.1, 0.15) is 17.2 Å². The molecule has 2 aromatic carbocycles. The molecule has 2 aromatic rings. The fourth-order valence-electron chi connectivity index (χ4n) is 4.61. The molecule has 1 aliphatic heterocycles. The highest BCUT2D eigenvalue weighted by Gasteiger charge is 2.43. The first-order chi connectivity index (χ1) is 17.3. The van der Waals surface area contributed by atoms with E-state index in [4.69, 9.17) is 18.4 Å². The topological polar surface area (TPSA) is 71.1 Å². The Balaban J connectivity index is 1.54. The third kappa shape index (κ3) is 8.05. The van der Waals surface area contributed by atoms with Crippen LogP contribution in [0.2, 0.25) is 0 Å². The Morgan fingerprint density at radius 2 is 1.53 bits per heavy atom. The largest absolute Gasteiger partial charge is 0.497 e. The molecule has 6 nitrogen and oxygen atoms in total. The second kappa shape index (κ2) is 13.6. The van der Waals surface area contributed by atoms with Crippen molar-refractivity contribution in [2.24, 2.45) is 0 Å². The van der Waals surface area contributed by atoms with Gasteiger partial charge in [-0.15, -0.1) is 0 Å². The van der Waals surface area contributed by atoms with Crippen LogP contribution in [0.25, 0.3) is 0 Å². The van der Waals surface area contributed by atoms with E-state index in [0.29, 0.717) is 13.2 Å². The van der Waals surface area contributed by atoms with E-state index in [2.05, 4.69) is 25.1 Å². The minimum Gasteiger partial charge on any atom is -0.497 e. The van der Waals surface area contributed by atoms with E-state index in [9.17, 15) is 8.42 Å². The van der Waals surface area contributed by atoms with Crippen LogP contribution in [0.4, 0.5) is 0 Å². The SMILES string of the molecule is COc1ccc(C2(C)COc3cc(OC)ccc3C2SCCCCCCCCCOS(C)(=O)=O)cc1. The second-order valence-corrected chi connectivity index (χ2v) is 12.4. The van der Waals surface area contributed by atoms with Gasteiger partial charge in [0.2, 0.25) is 0 Å². The van der Waals surface area contributed by atoms with Crippen molar-refractivity contribution < 1.29 is 26.8 Å². The molecule has 0 N–H and O–H groups in total. The molecule has 2 unspecified atom stereocenters. The highest BCUT2D eigenvalue weighted by Crippen LogP contribution is 2.53. The lowest BCUT2D eigenvalue weighted by Gasteiger charge is -2.42. The summed E-state index contributed by atoms with van der Waals surface area (Å²) in [6.45, 7) is 3.20. The van der Waals surface area contributed by atoms with Crippen molar-refractivity contribution in [1.82, 2.24) is 0 Å². The molecule has 200 valence electrons. The number of ether oxygens (including phenoxy) is 3. The van der Waals surface area contributed by atoms with Crippen molar-refractivity contribution in [2.75, 3.05) is 39.4 Å². The Kier molecular flexibility index (Phi) is 10.8. The Morgan fingerprint density at radius 1 is 0.917 bits per heavy atom. The molecule has 0 radical (unpaired) electrons. The highest BCUT2D eigenvalue weighted by atomic mass is 32.2. The summed E-state index contributed by atoms with van der Waals surface area (Å²) in [6.07, 6.45) is 8.75. The van der Waals surface area contributed by atoms with Gasteiger partial charge < -0.3 is 14.2 Å². The normalized spacial score (nSPS) is 19.4. The first kappa shape index (κ1) is 28.7. The van der Waals surface area contributed by atoms with Gasteiger partial charge in [0, 0.05) is 22.3 Å². The summed E-state index contributed by atoms with van der Waals surface area (Å²) in [6, 6.07) is 14.5. The predicted molar refractivity (Wildman–Crippen MR) is 147 cm³/mol. The standard InChI is InChI=1S/C28H40O6S2/c1-28(22-12-14-23(31-2)15-13-22)21-33-26-20-24(32-3)16-17-25(26)27(28)35-19-11-9-7-5-6-8-10-18-34-36(4,29)30/h12-17,20,27H,5-11,18-19,21H2,1-4H3. The lowest BCUT2D eigenvalue weighted by atomic mass is 9.76. The number of unbranched alkanes of at least 4 members (excludes halogenated alkanes) is 6. The molecule has 0 aliphatic carbocycles. The van der Waals surface area contributed by atoms with Gasteiger partial charge in [0.05, 0.1) is 33.7 Å². The zero-order chi connectivity index (χ0) is 26.0. The number of fused-ring (bicyclic) bond motifs is 1. The van der Waals surface area contributed by atoms with Crippen LogP contribution in [0, 0.1) is 0 Å². The lowest BCUT2D eigenvalue weighted by molar-refractivity contribution is 0.196. The molecule has 0 spiro atoms. The van der Waals surface area contributed by atoms with Gasteiger partial charge in [-0.2, -0.15) is 20.2 Å². The summed E-state index contributed by atoms with van der Waals surface area (Å²) in [7, 11) is 0.0580. The minimum absolute atomic E-state index is 0.160. The molecule has 0 amide bonds. The molecule has 3 rings (SSSR count). The first-order valence-corrected chi connectivity index (χ1v) is 15.5. The predicted octanol–water partition coefficient (Wildman–Crippen LogP) is 6.54. The molecule has 8 heteroatoms. The van der Waals surface area contributed by atoms with Crippen LogP contribution >= 0.6 is 11.8 Å². The van der Waals surface area contributed by atoms with E-state index in [0.717, 1.165) is 48.5 Å². The molecule has 2 atom stereocenters. The minimum atomic E-state index is -3.31. The van der Waals surface area contributed by atoms with Crippen LogP contribution in [0.3, 0.4) is 0 Å². The van der Waals surface area contributed by atoms with Gasteiger partial charge >= 0.3 is 0 Å². The van der Waals surface area contributed by atoms with E-state index >= 15 is 0 Å². The van der Waals surface area contributed by atoms with E-state index < -0.39 is 10.1 Å². The summed E-state index contributed by atoms with van der Waals surface area (Å²) < 4.78 is 43.8. The molecule has 36 heavy (non-hydrogen) atoms. The summed E-state index contributed by atoms with van der Waals surface area (Å²) in [5, 5.41) is 0.274. The fourth-order valence-corrected chi connectivity index (χ4v) is 6.58. The lowest BCUT2D eigenvalue weighted by Crippen LogP contribution is -2.39. The fraction of sp³-hybridized carbons (Fsp3) is 0.571. The van der Waals surface area contributed by atoms with Gasteiger partial charge in [-0.05, 0) is 42.4 Å². The number of hydrogen-bond donors (Lipinski definition) is 0. The van der Waals surface area contributed by atoms with Crippen LogP contribution in [0.1, 0.15) is 68.2 Å². The molecular weight excluding hydrogens is 496 g/mol. The number of benzene rings is 2. The summed E-state index contributed by atoms with van der Waals surface area (Å²) in [5.41, 5.74) is 2.32. The number of methoxy groups -OCH3 is 2. The average molecular weight is 537 g/mol. The van der Waals surface area contributed by atoms with Gasteiger partial charge in [-0.1, -0.05) is 57.2 Å². The zero-order valence-corrected chi connectivity index (χ0v) is 23.6. The Labute approximate surface area is 221 Å². The van der Waals surface area contributed by atoms with Crippen molar-refractivity contribution in [3.8, 4) is 17.2 Å². The van der Waals surface area contributed by atoms with Crippen LogP contribution in [0.15, 0.2) is 42.5 Å².